The lowest BCUT2D eigenvalue weighted by Crippen LogP contribution is -2.24. The first-order valence-electron chi connectivity index (χ1n) is 8.12. The van der Waals surface area contributed by atoms with Gasteiger partial charge in [0, 0.05) is 24.6 Å². The van der Waals surface area contributed by atoms with Gasteiger partial charge in [0.25, 0.3) is 0 Å². The summed E-state index contributed by atoms with van der Waals surface area (Å²) in [5.74, 6) is 1.40. The lowest BCUT2D eigenvalue weighted by atomic mass is 9.93. The summed E-state index contributed by atoms with van der Waals surface area (Å²) < 4.78 is 52.3. The lowest BCUT2D eigenvalue weighted by molar-refractivity contribution is -0.153. The Bertz CT molecular complexity index is 712. The topological polar surface area (TPSA) is 43.6 Å². The molecule has 0 fully saturated rings. The SMILES string of the molecule is COc1cc(CNC2CCCc3occc32)ccc1OCC(F)(F)F. The van der Waals surface area contributed by atoms with Gasteiger partial charge >= 0.3 is 6.18 Å². The maximum atomic E-state index is 12.3. The van der Waals surface area contributed by atoms with Crippen molar-refractivity contribution in [2.45, 2.75) is 38.0 Å². The Morgan fingerprint density at radius 3 is 2.84 bits per heavy atom. The van der Waals surface area contributed by atoms with E-state index in [1.54, 1.807) is 18.4 Å². The van der Waals surface area contributed by atoms with Crippen molar-refractivity contribution in [2.24, 2.45) is 0 Å². The van der Waals surface area contributed by atoms with Gasteiger partial charge in [-0.2, -0.15) is 13.2 Å². The first-order valence-corrected chi connectivity index (χ1v) is 8.12. The number of furan rings is 1. The summed E-state index contributed by atoms with van der Waals surface area (Å²) in [7, 11) is 1.41. The third-order valence-electron chi connectivity index (χ3n) is 4.22. The highest BCUT2D eigenvalue weighted by Crippen LogP contribution is 2.32. The molecule has 1 atom stereocenters. The van der Waals surface area contributed by atoms with Crippen LogP contribution in [-0.4, -0.2) is 19.9 Å². The van der Waals surface area contributed by atoms with Crippen LogP contribution in [0.15, 0.2) is 34.9 Å². The molecule has 1 aliphatic carbocycles. The van der Waals surface area contributed by atoms with Crippen LogP contribution >= 0.6 is 0 Å². The molecule has 4 nitrogen and oxygen atoms in total. The monoisotopic (exact) mass is 355 g/mol. The normalized spacial score (nSPS) is 17.2. The van der Waals surface area contributed by atoms with Crippen LogP contribution in [-0.2, 0) is 13.0 Å². The zero-order valence-corrected chi connectivity index (χ0v) is 13.9. The number of rotatable bonds is 6. The summed E-state index contributed by atoms with van der Waals surface area (Å²) in [4.78, 5) is 0. The smallest absolute Gasteiger partial charge is 0.422 e. The van der Waals surface area contributed by atoms with Gasteiger partial charge in [-0.1, -0.05) is 6.07 Å². The number of aryl methyl sites for hydroxylation is 1. The van der Waals surface area contributed by atoms with Crippen LogP contribution in [0, 0.1) is 0 Å². The Balaban J connectivity index is 1.64. The maximum absolute atomic E-state index is 12.3. The first kappa shape index (κ1) is 17.7. The van der Waals surface area contributed by atoms with Crippen molar-refractivity contribution in [2.75, 3.05) is 13.7 Å². The van der Waals surface area contributed by atoms with Gasteiger partial charge in [-0.15, -0.1) is 0 Å². The summed E-state index contributed by atoms with van der Waals surface area (Å²) in [5.41, 5.74) is 2.09. The standard InChI is InChI=1S/C18H20F3NO3/c1-23-17-9-12(5-6-16(17)25-11-18(19,20)21)10-22-14-3-2-4-15-13(14)7-8-24-15/h5-9,14,22H,2-4,10-11H2,1H3. The highest BCUT2D eigenvalue weighted by Gasteiger charge is 2.29. The third-order valence-corrected chi connectivity index (χ3v) is 4.22. The van der Waals surface area contributed by atoms with Crippen molar-refractivity contribution in [3.63, 3.8) is 0 Å². The van der Waals surface area contributed by atoms with Gasteiger partial charge in [-0.3, -0.25) is 0 Å². The minimum atomic E-state index is -4.38. The van der Waals surface area contributed by atoms with Gasteiger partial charge in [-0.05, 0) is 36.6 Å². The number of nitrogens with one attached hydrogen (secondary N) is 1. The number of benzene rings is 1. The van der Waals surface area contributed by atoms with Crippen LogP contribution in [0.3, 0.4) is 0 Å². The molecule has 1 unspecified atom stereocenters. The molecule has 1 aliphatic rings. The first-order chi connectivity index (χ1) is 12.0. The quantitative estimate of drug-likeness (QED) is 0.834. The van der Waals surface area contributed by atoms with Crippen LogP contribution < -0.4 is 14.8 Å². The zero-order chi connectivity index (χ0) is 17.9. The summed E-state index contributed by atoms with van der Waals surface area (Å²) in [6, 6.07) is 7.14. The molecule has 136 valence electrons. The fourth-order valence-corrected chi connectivity index (χ4v) is 3.04. The van der Waals surface area contributed by atoms with Crippen LogP contribution in [0.1, 0.15) is 35.8 Å². The van der Waals surface area contributed by atoms with E-state index >= 15 is 0 Å². The van der Waals surface area contributed by atoms with Crippen molar-refractivity contribution < 1.29 is 27.1 Å². The maximum Gasteiger partial charge on any atom is 0.422 e. The van der Waals surface area contributed by atoms with Gasteiger partial charge in [-0.25, -0.2) is 0 Å². The van der Waals surface area contributed by atoms with E-state index in [-0.39, 0.29) is 17.5 Å². The molecular formula is C18H20F3NO3. The van der Waals surface area contributed by atoms with E-state index in [1.807, 2.05) is 6.07 Å². The van der Waals surface area contributed by atoms with Crippen molar-refractivity contribution in [1.29, 1.82) is 0 Å². The molecular weight excluding hydrogens is 335 g/mol. The second-order valence-electron chi connectivity index (χ2n) is 6.01. The largest absolute Gasteiger partial charge is 0.493 e. The second kappa shape index (κ2) is 7.39. The Morgan fingerprint density at radius 2 is 2.08 bits per heavy atom. The molecule has 0 radical (unpaired) electrons. The Labute approximate surface area is 143 Å². The van der Waals surface area contributed by atoms with E-state index in [0.717, 1.165) is 30.6 Å². The zero-order valence-electron chi connectivity index (χ0n) is 13.9. The Morgan fingerprint density at radius 1 is 1.24 bits per heavy atom. The minimum Gasteiger partial charge on any atom is -0.493 e. The minimum absolute atomic E-state index is 0.0818. The molecule has 25 heavy (non-hydrogen) atoms. The van der Waals surface area contributed by atoms with Crippen molar-refractivity contribution in [1.82, 2.24) is 5.32 Å². The van der Waals surface area contributed by atoms with Crippen LogP contribution in [0.25, 0.3) is 0 Å². The number of methoxy groups -OCH3 is 1. The average Bonchev–Trinajstić information content (AvgIpc) is 3.07. The Kier molecular flexibility index (Phi) is 5.22. The van der Waals surface area contributed by atoms with Crippen LogP contribution in [0.4, 0.5) is 13.2 Å². The molecule has 3 rings (SSSR count). The third kappa shape index (κ3) is 4.48. The molecule has 1 heterocycles. The highest BCUT2D eigenvalue weighted by molar-refractivity contribution is 5.43. The van der Waals surface area contributed by atoms with E-state index in [0.29, 0.717) is 6.54 Å². The number of fused-ring (bicyclic) bond motifs is 1. The number of alkyl halides is 3. The van der Waals surface area contributed by atoms with Crippen molar-refractivity contribution >= 4 is 0 Å². The summed E-state index contributed by atoms with van der Waals surface area (Å²) >= 11 is 0. The molecule has 0 saturated carbocycles. The van der Waals surface area contributed by atoms with Gasteiger partial charge in [0.2, 0.25) is 0 Å². The molecule has 2 aromatic rings. The van der Waals surface area contributed by atoms with E-state index in [2.05, 4.69) is 5.32 Å². The number of hydrogen-bond acceptors (Lipinski definition) is 4. The Hall–Kier alpha value is -2.15. The van der Waals surface area contributed by atoms with E-state index < -0.39 is 12.8 Å². The van der Waals surface area contributed by atoms with Crippen molar-refractivity contribution in [3.8, 4) is 11.5 Å². The summed E-state index contributed by atoms with van der Waals surface area (Å²) in [5, 5.41) is 3.47. The number of hydrogen-bond donors (Lipinski definition) is 1. The average molecular weight is 355 g/mol. The van der Waals surface area contributed by atoms with Crippen LogP contribution in [0.2, 0.25) is 0 Å². The van der Waals surface area contributed by atoms with E-state index in [1.165, 1.54) is 18.7 Å². The molecule has 0 saturated heterocycles. The van der Waals surface area contributed by atoms with E-state index in [4.69, 9.17) is 13.9 Å². The predicted molar refractivity (Wildman–Crippen MR) is 85.8 cm³/mol. The number of halogens is 3. The van der Waals surface area contributed by atoms with Gasteiger partial charge in [0.1, 0.15) is 5.76 Å². The molecule has 1 aromatic heterocycles. The predicted octanol–water partition coefficient (Wildman–Crippen LogP) is 4.40. The summed E-state index contributed by atoms with van der Waals surface area (Å²) in [6.45, 7) is -0.766. The van der Waals surface area contributed by atoms with Gasteiger partial charge < -0.3 is 19.2 Å². The van der Waals surface area contributed by atoms with E-state index in [9.17, 15) is 13.2 Å². The molecule has 0 amide bonds. The van der Waals surface area contributed by atoms with Crippen molar-refractivity contribution in [3.05, 3.63) is 47.4 Å². The molecule has 0 bridgehead atoms. The second-order valence-corrected chi connectivity index (χ2v) is 6.01. The molecule has 1 aromatic carbocycles. The molecule has 0 spiro atoms. The highest BCUT2D eigenvalue weighted by atomic mass is 19.4. The fourth-order valence-electron chi connectivity index (χ4n) is 3.04. The van der Waals surface area contributed by atoms with Gasteiger partial charge in [0.05, 0.1) is 13.4 Å². The van der Waals surface area contributed by atoms with Gasteiger partial charge in [0.15, 0.2) is 18.1 Å². The lowest BCUT2D eigenvalue weighted by Gasteiger charge is -2.23. The molecule has 1 N–H and O–H groups in total. The summed E-state index contributed by atoms with van der Waals surface area (Å²) in [6.07, 6.45) is 0.372. The van der Waals surface area contributed by atoms with Crippen LogP contribution in [0.5, 0.6) is 11.5 Å². The molecule has 0 aliphatic heterocycles. The fraction of sp³-hybridized carbons (Fsp3) is 0.444. The number of ether oxygens (including phenoxy) is 2. The molecule has 7 heteroatoms.